The van der Waals surface area contributed by atoms with E-state index < -0.39 is 11.5 Å². The van der Waals surface area contributed by atoms with E-state index in [0.717, 1.165) is 0 Å². The van der Waals surface area contributed by atoms with Gasteiger partial charge in [-0.1, -0.05) is 33.8 Å². The van der Waals surface area contributed by atoms with Crippen LogP contribution in [0.5, 0.6) is 0 Å². The molecule has 1 unspecified atom stereocenters. The van der Waals surface area contributed by atoms with Gasteiger partial charge in [-0.15, -0.1) is 0 Å². The fraction of sp³-hybridized carbons (Fsp3) is 0.526. The molecule has 0 radical (unpaired) electrons. The maximum absolute atomic E-state index is 13.3. The molecule has 2 aliphatic rings. The van der Waals surface area contributed by atoms with Gasteiger partial charge in [-0.3, -0.25) is 24.2 Å². The van der Waals surface area contributed by atoms with E-state index in [1.807, 2.05) is 40.8 Å². The molecule has 0 saturated heterocycles. The summed E-state index contributed by atoms with van der Waals surface area (Å²) in [5.74, 6) is -0.685. The van der Waals surface area contributed by atoms with Crippen LogP contribution in [-0.4, -0.2) is 51.2 Å². The van der Waals surface area contributed by atoms with Crippen LogP contribution in [0.4, 0.5) is 0 Å². The number of amidine groups is 1. The number of aromatic nitrogens is 1. The number of fused-ring (bicyclic) bond motifs is 3. The molecule has 0 spiro atoms. The standard InChI is InChI=1S/C19H26N4O3/c1-7-21(8-2)18-22-10-9-12(5)13(16(24)25)14(22)15-20-19(6,11(3)4)17(26)23(15)18/h9-11H,7-8H2,1-6H3,(H,24,25). The summed E-state index contributed by atoms with van der Waals surface area (Å²) >= 11 is 0. The second-order valence-corrected chi connectivity index (χ2v) is 7.25. The molecule has 26 heavy (non-hydrogen) atoms. The molecule has 140 valence electrons. The maximum atomic E-state index is 13.3. The third-order valence-electron chi connectivity index (χ3n) is 5.54. The molecule has 3 heterocycles. The molecular weight excluding hydrogens is 332 g/mol. The lowest BCUT2D eigenvalue weighted by Crippen LogP contribution is -2.57. The fourth-order valence-electron chi connectivity index (χ4n) is 3.58. The minimum absolute atomic E-state index is 0.00223. The van der Waals surface area contributed by atoms with Crippen molar-refractivity contribution >= 4 is 17.7 Å². The summed E-state index contributed by atoms with van der Waals surface area (Å²) in [7, 11) is 0. The van der Waals surface area contributed by atoms with Crippen LogP contribution in [0.3, 0.4) is 0 Å². The Hall–Kier alpha value is -2.41. The van der Waals surface area contributed by atoms with Gasteiger partial charge in [-0.05, 0) is 38.4 Å². The molecule has 1 atom stereocenters. The first-order chi connectivity index (χ1) is 12.2. The van der Waals surface area contributed by atoms with E-state index in [4.69, 9.17) is 4.99 Å². The summed E-state index contributed by atoms with van der Waals surface area (Å²) in [5, 5.41) is 9.80. The van der Waals surface area contributed by atoms with Crippen molar-refractivity contribution < 1.29 is 19.3 Å². The Bertz CT molecular complexity index is 813. The Labute approximate surface area is 153 Å². The first kappa shape index (κ1) is 18.4. The summed E-state index contributed by atoms with van der Waals surface area (Å²) in [6.07, 6.45) is 2.49. The van der Waals surface area contributed by atoms with Crippen LogP contribution in [0.15, 0.2) is 17.3 Å². The monoisotopic (exact) mass is 358 g/mol. The van der Waals surface area contributed by atoms with Crippen LogP contribution < -0.4 is 4.57 Å². The minimum Gasteiger partial charge on any atom is -0.478 e. The summed E-state index contributed by atoms with van der Waals surface area (Å²) in [6.45, 7) is 12.9. The van der Waals surface area contributed by atoms with Crippen molar-refractivity contribution in [3.63, 3.8) is 0 Å². The molecule has 0 aliphatic carbocycles. The molecule has 0 aromatic carbocycles. The van der Waals surface area contributed by atoms with Crippen molar-refractivity contribution in [1.29, 1.82) is 0 Å². The zero-order valence-electron chi connectivity index (χ0n) is 16.2. The van der Waals surface area contributed by atoms with Crippen molar-refractivity contribution in [2.45, 2.75) is 47.1 Å². The van der Waals surface area contributed by atoms with Gasteiger partial charge in [-0.2, -0.15) is 0 Å². The van der Waals surface area contributed by atoms with Crippen LogP contribution in [-0.2, 0) is 4.79 Å². The molecule has 1 amide bonds. The predicted molar refractivity (Wildman–Crippen MR) is 96.5 cm³/mol. The number of aryl methyl sites for hydroxylation is 1. The first-order valence-corrected chi connectivity index (χ1v) is 9.04. The number of carbonyl (C=O) groups is 2. The van der Waals surface area contributed by atoms with Gasteiger partial charge in [0.25, 0.3) is 5.91 Å². The van der Waals surface area contributed by atoms with Crippen LogP contribution in [0, 0.1) is 19.1 Å². The van der Waals surface area contributed by atoms with Crippen molar-refractivity contribution in [2.75, 3.05) is 13.1 Å². The number of hydrogen-bond acceptors (Lipinski definition) is 4. The second kappa shape index (κ2) is 6.09. The topological polar surface area (TPSA) is 77.1 Å². The highest BCUT2D eigenvalue weighted by atomic mass is 16.4. The molecule has 2 aliphatic heterocycles. The highest BCUT2D eigenvalue weighted by molar-refractivity contribution is 6.18. The summed E-state index contributed by atoms with van der Waals surface area (Å²) in [6, 6.07) is 1.77. The number of hydrogen-bond donors (Lipinski definition) is 1. The van der Waals surface area contributed by atoms with E-state index in [-0.39, 0.29) is 17.4 Å². The number of nitrogens with zero attached hydrogens (tertiary/aromatic N) is 4. The molecule has 0 saturated carbocycles. The van der Waals surface area contributed by atoms with Gasteiger partial charge in [0.15, 0.2) is 5.69 Å². The number of aliphatic imine (C=N–C) groups is 1. The van der Waals surface area contributed by atoms with Crippen molar-refractivity contribution in [3.05, 3.63) is 35.4 Å². The van der Waals surface area contributed by atoms with Crippen LogP contribution in [0.1, 0.15) is 56.2 Å². The Morgan fingerprint density at radius 1 is 1.42 bits per heavy atom. The minimum atomic E-state index is -1.01. The number of carboxylic acid groups (broad SMARTS) is 1. The molecular formula is C19H26N4O3. The van der Waals surface area contributed by atoms with E-state index >= 15 is 0 Å². The molecule has 0 fully saturated rings. The third kappa shape index (κ3) is 2.26. The van der Waals surface area contributed by atoms with Gasteiger partial charge in [0.1, 0.15) is 11.4 Å². The average Bonchev–Trinajstić information content (AvgIpc) is 3.02. The van der Waals surface area contributed by atoms with Crippen LogP contribution in [0.2, 0.25) is 0 Å². The number of amides is 1. The van der Waals surface area contributed by atoms with Gasteiger partial charge in [0, 0.05) is 0 Å². The fourth-order valence-corrected chi connectivity index (χ4v) is 3.58. The number of aromatic carboxylic acids is 1. The highest BCUT2D eigenvalue weighted by Crippen LogP contribution is 2.38. The van der Waals surface area contributed by atoms with E-state index in [9.17, 15) is 14.7 Å². The predicted octanol–water partition coefficient (Wildman–Crippen LogP) is 1.63. The first-order valence-electron chi connectivity index (χ1n) is 9.04. The van der Waals surface area contributed by atoms with E-state index in [1.165, 1.54) is 0 Å². The number of rotatable bonds is 5. The van der Waals surface area contributed by atoms with Crippen molar-refractivity contribution in [2.24, 2.45) is 10.9 Å². The van der Waals surface area contributed by atoms with Crippen molar-refractivity contribution in [1.82, 2.24) is 9.80 Å². The molecule has 7 nitrogen and oxygen atoms in total. The van der Waals surface area contributed by atoms with Crippen LogP contribution >= 0.6 is 0 Å². The summed E-state index contributed by atoms with van der Waals surface area (Å²) in [5.41, 5.74) is 0.431. The molecule has 7 heteroatoms. The lowest BCUT2D eigenvalue weighted by Gasteiger charge is -2.33. The molecule has 1 N–H and O–H groups in total. The maximum Gasteiger partial charge on any atom is 0.330 e. The average molecular weight is 358 g/mol. The Morgan fingerprint density at radius 2 is 2.04 bits per heavy atom. The van der Waals surface area contributed by atoms with E-state index in [2.05, 4.69) is 4.90 Å². The van der Waals surface area contributed by atoms with Gasteiger partial charge in [-0.25, -0.2) is 4.79 Å². The van der Waals surface area contributed by atoms with Gasteiger partial charge >= 0.3 is 5.97 Å². The summed E-state index contributed by atoms with van der Waals surface area (Å²) in [4.78, 5) is 33.7. The van der Waals surface area contributed by atoms with Gasteiger partial charge in [0.05, 0.1) is 11.8 Å². The Kier molecular flexibility index (Phi) is 4.30. The van der Waals surface area contributed by atoms with E-state index in [1.54, 1.807) is 22.5 Å². The normalized spacial score (nSPS) is 21.5. The van der Waals surface area contributed by atoms with Crippen LogP contribution in [0.25, 0.3) is 0 Å². The Morgan fingerprint density at radius 3 is 2.54 bits per heavy atom. The molecule has 0 bridgehead atoms. The number of pyridine rings is 1. The quantitative estimate of drug-likeness (QED) is 0.641. The largest absolute Gasteiger partial charge is 0.478 e. The molecule has 3 rings (SSSR count). The Balaban J connectivity index is 2.33. The van der Waals surface area contributed by atoms with E-state index in [0.29, 0.717) is 36.5 Å². The third-order valence-corrected chi connectivity index (χ3v) is 5.54. The zero-order valence-corrected chi connectivity index (χ0v) is 16.2. The number of carbonyl (C=O) groups excluding carboxylic acids is 1. The summed E-state index contributed by atoms with van der Waals surface area (Å²) < 4.78 is 1.79. The van der Waals surface area contributed by atoms with Crippen molar-refractivity contribution in [3.8, 4) is 0 Å². The van der Waals surface area contributed by atoms with Gasteiger partial charge < -0.3 is 5.11 Å². The lowest BCUT2D eigenvalue weighted by molar-refractivity contribution is -0.678. The smallest absolute Gasteiger partial charge is 0.330 e. The highest BCUT2D eigenvalue weighted by Gasteiger charge is 2.56. The SMILES string of the molecule is CCN(CC)[C-]1N2C(=O)C(C)(C(C)C)N=C2c2c(C(=O)O)c(C)cc[n+]21. The second-order valence-electron chi connectivity index (χ2n) is 7.25. The molecule has 1 aromatic rings. The zero-order chi connectivity index (χ0) is 19.4. The lowest BCUT2D eigenvalue weighted by atomic mass is 9.89. The number of carboxylic acids is 1. The molecule has 1 aromatic heterocycles. The van der Waals surface area contributed by atoms with Gasteiger partial charge in [0.2, 0.25) is 6.29 Å².